The quantitative estimate of drug-likeness (QED) is 0.345. The van der Waals surface area contributed by atoms with Crippen LogP contribution in [0.4, 0.5) is 4.39 Å². The molecule has 2 aliphatic heterocycles. The molecule has 0 amide bonds. The second kappa shape index (κ2) is 9.23. The van der Waals surface area contributed by atoms with Crippen LogP contribution in [0.2, 0.25) is 15.1 Å². The van der Waals surface area contributed by atoms with E-state index >= 15 is 0 Å². The Morgan fingerprint density at radius 1 is 1.09 bits per heavy atom. The third-order valence-electron chi connectivity index (χ3n) is 5.99. The van der Waals surface area contributed by atoms with Gasteiger partial charge in [-0.3, -0.25) is 9.69 Å². The Kier molecular flexibility index (Phi) is 6.30. The van der Waals surface area contributed by atoms with Crippen LogP contribution in [-0.2, 0) is 13.0 Å². The number of rotatable bonds is 4. The van der Waals surface area contributed by atoms with Crippen LogP contribution >= 0.6 is 34.8 Å². The number of hydrogen-bond donors (Lipinski definition) is 0. The molecule has 4 nitrogen and oxygen atoms in total. The molecule has 0 bridgehead atoms. The predicted octanol–water partition coefficient (Wildman–Crippen LogP) is 7.11. The van der Waals surface area contributed by atoms with E-state index in [1.807, 2.05) is 19.1 Å². The number of ether oxygens (including phenoxy) is 2. The van der Waals surface area contributed by atoms with Crippen molar-refractivity contribution in [1.82, 2.24) is 4.90 Å². The maximum Gasteiger partial charge on any atom is 0.231 e. The molecule has 3 aromatic carbocycles. The van der Waals surface area contributed by atoms with Crippen LogP contribution in [0, 0.1) is 12.7 Å². The average Bonchev–Trinajstić information content (AvgIpc) is 3.11. The van der Waals surface area contributed by atoms with Crippen molar-refractivity contribution >= 4 is 46.7 Å². The molecule has 0 saturated heterocycles. The number of ketones is 1. The van der Waals surface area contributed by atoms with Gasteiger partial charge in [-0.05, 0) is 55.3 Å². The molecular formula is C26H19Cl3FNO3. The summed E-state index contributed by atoms with van der Waals surface area (Å²) in [5.41, 5.74) is 3.19. The third-order valence-corrected chi connectivity index (χ3v) is 6.91. The van der Waals surface area contributed by atoms with Crippen LogP contribution in [-0.4, -0.2) is 24.0 Å². The smallest absolute Gasteiger partial charge is 0.231 e. The van der Waals surface area contributed by atoms with E-state index in [2.05, 4.69) is 4.90 Å². The van der Waals surface area contributed by atoms with Gasteiger partial charge in [0.1, 0.15) is 24.0 Å². The van der Waals surface area contributed by atoms with Crippen LogP contribution in [0.15, 0.2) is 48.2 Å². The lowest BCUT2D eigenvalue weighted by Crippen LogP contribution is -2.34. The minimum atomic E-state index is -0.525. The molecule has 34 heavy (non-hydrogen) atoms. The van der Waals surface area contributed by atoms with Crippen LogP contribution < -0.4 is 9.47 Å². The van der Waals surface area contributed by atoms with Gasteiger partial charge in [0, 0.05) is 39.8 Å². The van der Waals surface area contributed by atoms with E-state index in [1.54, 1.807) is 18.2 Å². The van der Waals surface area contributed by atoms with Crippen LogP contribution in [0.25, 0.3) is 6.08 Å². The molecule has 5 rings (SSSR count). The van der Waals surface area contributed by atoms with Gasteiger partial charge < -0.3 is 9.47 Å². The van der Waals surface area contributed by atoms with Gasteiger partial charge in [-0.25, -0.2) is 4.39 Å². The fourth-order valence-corrected chi connectivity index (χ4v) is 4.94. The number of fused-ring (bicyclic) bond motifs is 2. The van der Waals surface area contributed by atoms with Crippen molar-refractivity contribution in [2.45, 2.75) is 19.9 Å². The summed E-state index contributed by atoms with van der Waals surface area (Å²) >= 11 is 18.4. The molecular weight excluding hydrogens is 500 g/mol. The highest BCUT2D eigenvalue weighted by molar-refractivity contribution is 6.35. The van der Waals surface area contributed by atoms with Gasteiger partial charge in [-0.15, -0.1) is 0 Å². The lowest BCUT2D eigenvalue weighted by Gasteiger charge is -2.30. The Balaban J connectivity index is 1.38. The molecule has 0 aromatic heterocycles. The molecule has 0 saturated carbocycles. The SMILES string of the molecule is Cc1c2c(cc3c1O/C(=C\c1c(F)cccc1Cl)C3=O)CN(CCc1ccc(Cl)cc1Cl)CO2. The summed E-state index contributed by atoms with van der Waals surface area (Å²) in [6.07, 6.45) is 2.08. The largest absolute Gasteiger partial charge is 0.477 e. The lowest BCUT2D eigenvalue weighted by molar-refractivity contribution is 0.0954. The number of nitrogens with zero attached hydrogens (tertiary/aromatic N) is 1. The molecule has 0 fully saturated rings. The van der Waals surface area contributed by atoms with E-state index in [4.69, 9.17) is 44.3 Å². The zero-order chi connectivity index (χ0) is 24.0. The van der Waals surface area contributed by atoms with Gasteiger partial charge in [-0.1, -0.05) is 46.9 Å². The van der Waals surface area contributed by atoms with E-state index in [0.717, 1.165) is 29.7 Å². The summed E-state index contributed by atoms with van der Waals surface area (Å²) in [7, 11) is 0. The highest BCUT2D eigenvalue weighted by atomic mass is 35.5. The van der Waals surface area contributed by atoms with E-state index in [1.165, 1.54) is 18.2 Å². The fraction of sp³-hybridized carbons (Fsp3) is 0.192. The third kappa shape index (κ3) is 4.29. The molecule has 0 radical (unpaired) electrons. The fourth-order valence-electron chi connectivity index (χ4n) is 4.22. The van der Waals surface area contributed by atoms with Gasteiger partial charge >= 0.3 is 0 Å². The normalized spacial score (nSPS) is 16.3. The molecule has 8 heteroatoms. The highest BCUT2D eigenvalue weighted by Crippen LogP contribution is 2.43. The number of carbonyl (C=O) groups excluding carboxylic acids is 1. The number of halogens is 4. The topological polar surface area (TPSA) is 38.8 Å². The van der Waals surface area contributed by atoms with Crippen molar-refractivity contribution in [1.29, 1.82) is 0 Å². The second-order valence-corrected chi connectivity index (χ2v) is 9.50. The number of allylic oxidation sites excluding steroid dienone is 1. The molecule has 0 spiro atoms. The summed E-state index contributed by atoms with van der Waals surface area (Å²) in [6, 6.07) is 11.6. The standard InChI is InChI=1S/C26H19Cl3FNO3/c1-14-25-16(12-31(13-33-25)8-7-15-5-6-17(27)10-21(15)29)9-19-24(32)23(34-26(14)19)11-18-20(28)3-2-4-22(18)30/h2-6,9-11H,7-8,12-13H2,1H3/b23-11-. The Morgan fingerprint density at radius 2 is 1.91 bits per heavy atom. The summed E-state index contributed by atoms with van der Waals surface area (Å²) in [6.45, 7) is 3.59. The van der Waals surface area contributed by atoms with Crippen molar-refractivity contribution in [2.75, 3.05) is 13.3 Å². The molecule has 0 N–H and O–H groups in total. The Morgan fingerprint density at radius 3 is 2.68 bits per heavy atom. The monoisotopic (exact) mass is 517 g/mol. The number of hydrogen-bond acceptors (Lipinski definition) is 4. The number of benzene rings is 3. The van der Waals surface area contributed by atoms with E-state index in [9.17, 15) is 9.18 Å². The summed E-state index contributed by atoms with van der Waals surface area (Å²) in [4.78, 5) is 15.2. The molecule has 0 atom stereocenters. The lowest BCUT2D eigenvalue weighted by atomic mass is 9.99. The molecule has 0 unspecified atom stereocenters. The van der Waals surface area contributed by atoms with Gasteiger partial charge in [-0.2, -0.15) is 0 Å². The second-order valence-electron chi connectivity index (χ2n) is 8.25. The maximum atomic E-state index is 14.2. The van der Waals surface area contributed by atoms with E-state index < -0.39 is 5.82 Å². The Bertz CT molecular complexity index is 1340. The first-order chi connectivity index (χ1) is 16.3. The Hall–Kier alpha value is -2.57. The van der Waals surface area contributed by atoms with Gasteiger partial charge in [0.15, 0.2) is 5.76 Å². The van der Waals surface area contributed by atoms with Crippen LogP contribution in [0.3, 0.4) is 0 Å². The summed E-state index contributed by atoms with van der Waals surface area (Å²) in [5.74, 6) is 0.330. The molecule has 174 valence electrons. The number of carbonyl (C=O) groups is 1. The van der Waals surface area contributed by atoms with Crippen LogP contribution in [0.5, 0.6) is 11.5 Å². The summed E-state index contributed by atoms with van der Waals surface area (Å²) < 4.78 is 26.1. The van der Waals surface area contributed by atoms with Gasteiger partial charge in [0.2, 0.25) is 5.78 Å². The first-order valence-electron chi connectivity index (χ1n) is 10.7. The minimum Gasteiger partial charge on any atom is -0.477 e. The van der Waals surface area contributed by atoms with Gasteiger partial charge in [0.05, 0.1) is 10.6 Å². The zero-order valence-electron chi connectivity index (χ0n) is 18.1. The van der Waals surface area contributed by atoms with Crippen molar-refractivity contribution in [3.8, 4) is 11.5 Å². The van der Waals surface area contributed by atoms with Crippen molar-refractivity contribution in [3.05, 3.63) is 96.9 Å². The van der Waals surface area contributed by atoms with Crippen molar-refractivity contribution in [2.24, 2.45) is 0 Å². The molecule has 2 aliphatic rings. The molecule has 2 heterocycles. The maximum absolute atomic E-state index is 14.2. The first kappa shape index (κ1) is 23.2. The van der Waals surface area contributed by atoms with E-state index in [0.29, 0.717) is 40.4 Å². The highest BCUT2D eigenvalue weighted by Gasteiger charge is 2.34. The molecule has 0 aliphatic carbocycles. The Labute approximate surface area is 211 Å². The van der Waals surface area contributed by atoms with E-state index in [-0.39, 0.29) is 22.1 Å². The minimum absolute atomic E-state index is 0.0293. The first-order valence-corrected chi connectivity index (χ1v) is 11.8. The van der Waals surface area contributed by atoms with Crippen LogP contribution in [0.1, 0.15) is 32.6 Å². The predicted molar refractivity (Wildman–Crippen MR) is 132 cm³/mol. The number of Topliss-reactive ketones (excluding diaryl/α,β-unsaturated/α-hetero) is 1. The molecule has 3 aromatic rings. The van der Waals surface area contributed by atoms with Crippen molar-refractivity contribution < 1.29 is 18.7 Å². The average molecular weight is 519 g/mol. The zero-order valence-corrected chi connectivity index (χ0v) is 20.4. The van der Waals surface area contributed by atoms with Crippen molar-refractivity contribution in [3.63, 3.8) is 0 Å². The summed E-state index contributed by atoms with van der Waals surface area (Å²) in [5, 5.41) is 1.44. The van der Waals surface area contributed by atoms with Gasteiger partial charge in [0.25, 0.3) is 0 Å².